The van der Waals surface area contributed by atoms with Crippen LogP contribution in [0.15, 0.2) is 53.0 Å². The molecular weight excluding hydrogens is 306 g/mol. The lowest BCUT2D eigenvalue weighted by Gasteiger charge is -2.06. The fourth-order valence-electron chi connectivity index (χ4n) is 1.58. The van der Waals surface area contributed by atoms with Crippen molar-refractivity contribution in [1.29, 1.82) is 0 Å². The Hall–Kier alpha value is -1.94. The lowest BCUT2D eigenvalue weighted by molar-refractivity contribution is -0.112. The van der Waals surface area contributed by atoms with Crippen molar-refractivity contribution in [3.8, 4) is 0 Å². The number of rotatable bonds is 3. The first-order valence-electron chi connectivity index (χ1n) is 5.75. The van der Waals surface area contributed by atoms with E-state index >= 15 is 0 Å². The number of amides is 1. The second kappa shape index (κ2) is 5.80. The number of halogens is 1. The fourth-order valence-corrected chi connectivity index (χ4v) is 1.96. The van der Waals surface area contributed by atoms with Crippen molar-refractivity contribution in [2.75, 3.05) is 5.32 Å². The van der Waals surface area contributed by atoms with E-state index in [1.54, 1.807) is 42.5 Å². The van der Waals surface area contributed by atoms with E-state index in [2.05, 4.69) is 21.2 Å². The minimum atomic E-state index is -0.643. The number of carbonyl (C=O) groups is 2. The van der Waals surface area contributed by atoms with Gasteiger partial charge in [-0.2, -0.15) is 0 Å². The summed E-state index contributed by atoms with van der Waals surface area (Å²) in [4.78, 5) is 23.8. The second-order valence-corrected chi connectivity index (χ2v) is 4.98. The van der Waals surface area contributed by atoms with Gasteiger partial charge in [0.15, 0.2) is 0 Å². The van der Waals surface area contributed by atoms with E-state index in [0.29, 0.717) is 11.3 Å². The van der Waals surface area contributed by atoms with Gasteiger partial charge in [0.2, 0.25) is 0 Å². The molecular formula is C15H12BrNO2. The quantitative estimate of drug-likeness (QED) is 0.694. The van der Waals surface area contributed by atoms with Crippen LogP contribution in [0.4, 0.5) is 5.69 Å². The highest BCUT2D eigenvalue weighted by atomic mass is 79.9. The van der Waals surface area contributed by atoms with Gasteiger partial charge in [0.1, 0.15) is 0 Å². The van der Waals surface area contributed by atoms with E-state index in [-0.39, 0.29) is 0 Å². The molecule has 1 N–H and O–H groups in total. The molecule has 0 spiro atoms. The Bertz CT molecular complexity index is 620. The zero-order chi connectivity index (χ0) is 13.8. The Morgan fingerprint density at radius 1 is 1.00 bits per heavy atom. The third-order valence-electron chi connectivity index (χ3n) is 2.64. The normalized spacial score (nSPS) is 10.0. The number of para-hydroxylation sites is 1. The maximum Gasteiger partial charge on any atom is 0.296 e. The molecule has 0 heterocycles. The topological polar surface area (TPSA) is 46.2 Å². The number of carbonyl (C=O) groups excluding carboxylic acids is 2. The maximum atomic E-state index is 11.9. The molecule has 0 unspecified atom stereocenters. The van der Waals surface area contributed by atoms with Crippen molar-refractivity contribution < 1.29 is 9.59 Å². The lowest BCUT2D eigenvalue weighted by atomic mass is 10.1. The molecule has 0 aliphatic heterocycles. The summed E-state index contributed by atoms with van der Waals surface area (Å²) < 4.78 is 0.736. The summed E-state index contributed by atoms with van der Waals surface area (Å²) in [6.45, 7) is 1.93. The lowest BCUT2D eigenvalue weighted by Crippen LogP contribution is -2.23. The molecule has 0 saturated heterocycles. The molecule has 96 valence electrons. The molecule has 0 aromatic heterocycles. The van der Waals surface area contributed by atoms with Gasteiger partial charge in [-0.05, 0) is 35.0 Å². The minimum absolute atomic E-state index is 0.384. The number of hydrogen-bond donors (Lipinski definition) is 1. The number of anilines is 1. The SMILES string of the molecule is Cc1ccc(C(=O)C(=O)Nc2ccccc2Br)cc1. The first kappa shape index (κ1) is 13.5. The van der Waals surface area contributed by atoms with Crippen LogP contribution in [0.5, 0.6) is 0 Å². The third kappa shape index (κ3) is 3.29. The van der Waals surface area contributed by atoms with Crippen LogP contribution in [-0.4, -0.2) is 11.7 Å². The van der Waals surface area contributed by atoms with Gasteiger partial charge in [-0.1, -0.05) is 42.0 Å². The van der Waals surface area contributed by atoms with Crippen LogP contribution in [0.2, 0.25) is 0 Å². The molecule has 0 radical (unpaired) electrons. The minimum Gasteiger partial charge on any atom is -0.318 e. The number of benzene rings is 2. The van der Waals surface area contributed by atoms with Crippen LogP contribution < -0.4 is 5.32 Å². The largest absolute Gasteiger partial charge is 0.318 e. The zero-order valence-electron chi connectivity index (χ0n) is 10.3. The van der Waals surface area contributed by atoms with Gasteiger partial charge < -0.3 is 5.32 Å². The summed E-state index contributed by atoms with van der Waals surface area (Å²) in [6, 6.07) is 14.1. The first-order chi connectivity index (χ1) is 9.08. The van der Waals surface area contributed by atoms with E-state index in [1.807, 2.05) is 13.0 Å². The molecule has 4 heteroatoms. The van der Waals surface area contributed by atoms with Crippen molar-refractivity contribution in [2.45, 2.75) is 6.92 Å². The standard InChI is InChI=1S/C15H12BrNO2/c1-10-6-8-11(9-7-10)14(18)15(19)17-13-5-3-2-4-12(13)16/h2-9H,1H3,(H,17,19). The van der Waals surface area contributed by atoms with E-state index < -0.39 is 11.7 Å². The van der Waals surface area contributed by atoms with Gasteiger partial charge in [-0.3, -0.25) is 9.59 Å². The van der Waals surface area contributed by atoms with Crippen molar-refractivity contribution in [2.24, 2.45) is 0 Å². The Kier molecular flexibility index (Phi) is 4.12. The van der Waals surface area contributed by atoms with Gasteiger partial charge in [-0.25, -0.2) is 0 Å². The molecule has 0 aliphatic rings. The van der Waals surface area contributed by atoms with Gasteiger partial charge in [0.25, 0.3) is 11.7 Å². The summed E-state index contributed by atoms with van der Waals surface area (Å²) >= 11 is 3.31. The fraction of sp³-hybridized carbons (Fsp3) is 0.0667. The molecule has 2 aromatic carbocycles. The first-order valence-corrected chi connectivity index (χ1v) is 6.54. The van der Waals surface area contributed by atoms with Crippen LogP contribution in [-0.2, 0) is 4.79 Å². The van der Waals surface area contributed by atoms with Gasteiger partial charge in [-0.15, -0.1) is 0 Å². The molecule has 0 bridgehead atoms. The molecule has 1 amide bonds. The number of hydrogen-bond acceptors (Lipinski definition) is 2. The van der Waals surface area contributed by atoms with Crippen molar-refractivity contribution in [3.05, 3.63) is 64.1 Å². The van der Waals surface area contributed by atoms with Gasteiger partial charge >= 0.3 is 0 Å². The number of aryl methyl sites for hydroxylation is 1. The molecule has 0 atom stereocenters. The molecule has 0 saturated carbocycles. The van der Waals surface area contributed by atoms with E-state index in [4.69, 9.17) is 0 Å². The van der Waals surface area contributed by atoms with Crippen LogP contribution in [0.1, 0.15) is 15.9 Å². The van der Waals surface area contributed by atoms with E-state index in [1.165, 1.54) is 0 Å². The van der Waals surface area contributed by atoms with Crippen LogP contribution >= 0.6 is 15.9 Å². The number of ketones is 1. The van der Waals surface area contributed by atoms with Crippen molar-refractivity contribution in [3.63, 3.8) is 0 Å². The average molecular weight is 318 g/mol. The highest BCUT2D eigenvalue weighted by Gasteiger charge is 2.16. The summed E-state index contributed by atoms with van der Waals surface area (Å²) in [5, 5.41) is 2.59. The summed E-state index contributed by atoms with van der Waals surface area (Å²) in [7, 11) is 0. The predicted molar refractivity (Wildman–Crippen MR) is 78.3 cm³/mol. The Morgan fingerprint density at radius 3 is 2.26 bits per heavy atom. The van der Waals surface area contributed by atoms with Crippen LogP contribution in [0.25, 0.3) is 0 Å². The molecule has 0 fully saturated rings. The third-order valence-corrected chi connectivity index (χ3v) is 3.33. The molecule has 2 aromatic rings. The highest BCUT2D eigenvalue weighted by Crippen LogP contribution is 2.21. The summed E-state index contributed by atoms with van der Waals surface area (Å²) in [5.41, 5.74) is 2.01. The molecule has 0 aliphatic carbocycles. The van der Waals surface area contributed by atoms with Crippen molar-refractivity contribution >= 4 is 33.3 Å². The molecule has 19 heavy (non-hydrogen) atoms. The highest BCUT2D eigenvalue weighted by molar-refractivity contribution is 9.10. The average Bonchev–Trinajstić information content (AvgIpc) is 2.41. The summed E-state index contributed by atoms with van der Waals surface area (Å²) in [6.07, 6.45) is 0. The molecule has 2 rings (SSSR count). The Morgan fingerprint density at radius 2 is 1.63 bits per heavy atom. The monoisotopic (exact) mass is 317 g/mol. The van der Waals surface area contributed by atoms with Crippen molar-refractivity contribution in [1.82, 2.24) is 0 Å². The Balaban J connectivity index is 2.14. The predicted octanol–water partition coefficient (Wildman–Crippen LogP) is 3.58. The molecule has 3 nitrogen and oxygen atoms in total. The Labute approximate surface area is 119 Å². The van der Waals surface area contributed by atoms with E-state index in [9.17, 15) is 9.59 Å². The van der Waals surface area contributed by atoms with Crippen LogP contribution in [0, 0.1) is 6.92 Å². The zero-order valence-corrected chi connectivity index (χ0v) is 11.9. The van der Waals surface area contributed by atoms with Gasteiger partial charge in [0, 0.05) is 10.0 Å². The number of nitrogens with one attached hydrogen (secondary N) is 1. The van der Waals surface area contributed by atoms with E-state index in [0.717, 1.165) is 10.0 Å². The smallest absolute Gasteiger partial charge is 0.296 e. The van der Waals surface area contributed by atoms with Gasteiger partial charge in [0.05, 0.1) is 5.69 Å². The maximum absolute atomic E-state index is 11.9. The second-order valence-electron chi connectivity index (χ2n) is 4.13. The van der Waals surface area contributed by atoms with Crippen LogP contribution in [0.3, 0.4) is 0 Å². The summed E-state index contributed by atoms with van der Waals surface area (Å²) in [5.74, 6) is -1.19. The number of Topliss-reactive ketones (excluding diaryl/α,β-unsaturated/α-hetero) is 1.